The summed E-state index contributed by atoms with van der Waals surface area (Å²) in [4.78, 5) is 191. The summed E-state index contributed by atoms with van der Waals surface area (Å²) in [6.07, 6.45) is -18.3. The smallest absolute Gasteiger partial charge is 0.411 e. The van der Waals surface area contributed by atoms with E-state index in [0.29, 0.717) is 32.1 Å². The van der Waals surface area contributed by atoms with E-state index in [1.807, 2.05) is 0 Å². The van der Waals surface area contributed by atoms with Crippen LogP contribution in [-0.4, -0.2) is 277 Å². The number of aromatic carboxylic acids is 1. The largest absolute Gasteiger partial charge is 0.493 e. The predicted octanol–water partition coefficient (Wildman–Crippen LogP) is 10.6. The van der Waals surface area contributed by atoms with E-state index in [0.717, 1.165) is 79.0 Å². The van der Waals surface area contributed by atoms with Crippen molar-refractivity contribution in [2.24, 2.45) is 0 Å². The number of carbonyl (C=O) groups is 14. The molecule has 0 bridgehead atoms. The van der Waals surface area contributed by atoms with Gasteiger partial charge in [0.15, 0.2) is 76.3 Å². The Morgan fingerprint density at radius 3 is 1.16 bits per heavy atom. The number of carbonyl (C=O) groups excluding carboxylic acids is 13. The molecular weight excluding hydrogens is 1810 g/mol. The minimum absolute atomic E-state index is 0.0224. The summed E-state index contributed by atoms with van der Waals surface area (Å²) in [5.41, 5.74) is 0.715. The molecule has 135 heavy (non-hydrogen) atoms. The van der Waals surface area contributed by atoms with Gasteiger partial charge in [0, 0.05) is 80.4 Å². The van der Waals surface area contributed by atoms with Crippen molar-refractivity contribution in [1.82, 2.24) is 15.1 Å². The summed E-state index contributed by atoms with van der Waals surface area (Å²) >= 11 is 0. The predicted molar refractivity (Wildman–Crippen MR) is 482 cm³/mol. The fraction of sp³-hybridized carbons (Fsp3) is 0.543. The van der Waals surface area contributed by atoms with Crippen LogP contribution in [0.2, 0.25) is 36.3 Å². The second-order valence-corrected chi connectivity index (χ2v) is 44.9. The van der Waals surface area contributed by atoms with Crippen LogP contribution >= 0.6 is 0 Å². The van der Waals surface area contributed by atoms with E-state index in [1.54, 1.807) is 9.80 Å². The number of ether oxygens (including phenoxy) is 19. The lowest BCUT2D eigenvalue weighted by Crippen LogP contribution is -2.64. The quantitative estimate of drug-likeness (QED) is 0.0105. The first-order valence-corrected chi connectivity index (χ1v) is 49.2. The van der Waals surface area contributed by atoms with Crippen LogP contribution in [0.5, 0.6) is 34.5 Å². The molecule has 0 aliphatic carbocycles. The lowest BCUT2D eigenvalue weighted by molar-refractivity contribution is -0.282. The number of rotatable bonds is 41. The van der Waals surface area contributed by atoms with Gasteiger partial charge < -0.3 is 119 Å². The molecule has 0 spiro atoms. The Hall–Kier alpha value is -12.4. The van der Waals surface area contributed by atoms with Gasteiger partial charge in [0.25, 0.3) is 17.7 Å². The maximum absolute atomic E-state index is 15.2. The molecule has 4 saturated heterocycles. The molecule has 0 unspecified atom stereocenters. The van der Waals surface area contributed by atoms with E-state index in [-0.39, 0.29) is 131 Å². The number of amides is 5. The van der Waals surface area contributed by atoms with E-state index < -0.39 is 198 Å². The van der Waals surface area contributed by atoms with E-state index >= 15 is 9.59 Å². The minimum atomic E-state index is -2.36. The summed E-state index contributed by atoms with van der Waals surface area (Å²) < 4.78 is 121. The van der Waals surface area contributed by atoms with Crippen LogP contribution in [0.25, 0.3) is 0 Å². The standard InChI is InChI=1S/C92H123N5O36Si2/c1-49-35-59(47-122-134(20,21)91(9,10)11)96(43-49)82(105)61-39-69(114-16)71(41-65(61)94-89(111)120-45-57-27-29-67(63(37-57)81(104)93-31-34-113-15)130-87-79(128-55(7)102)75(126-53(5)100)73(124-51(3)98)77(132-87)85(109)116-18)118-32-25-24-26-33-119-72-42-66(62(40-70(72)115-17)83(106)97-44-50(2)36-60(97)48-123-135(22,23)92(12,13)14)95-90(112)121-46-58-28-30-68(64(38-58)84(107)108)131-88-80(129-56(8)103)76(127-54(6)101)74(125-52(4)99)78(133-88)86(110)117-19/h27-30,37-42,59-60,73-80,87-88H,1-2,24-26,31-36,43-48H2,3-23H3,(H,93,104)(H,94,111)(H,95,112)(H,107,108)/t59-,60-,73-,74-,75-,76-,77-,78-,79+,80+,87+,88+/m0/s1. The highest BCUT2D eigenvalue weighted by Gasteiger charge is 2.58. The Balaban J connectivity index is 1.04. The molecule has 4 aromatic rings. The van der Waals surface area contributed by atoms with Crippen molar-refractivity contribution < 1.29 is 171 Å². The lowest BCUT2D eigenvalue weighted by atomic mass is 9.97. The number of methoxy groups -OCH3 is 5. The van der Waals surface area contributed by atoms with Gasteiger partial charge in [-0.2, -0.15) is 0 Å². The number of hydrogen-bond acceptors (Lipinski definition) is 35. The van der Waals surface area contributed by atoms with E-state index in [9.17, 15) is 62.6 Å². The maximum Gasteiger partial charge on any atom is 0.411 e. The van der Waals surface area contributed by atoms with Crippen molar-refractivity contribution in [3.8, 4) is 34.5 Å². The van der Waals surface area contributed by atoms with E-state index in [1.165, 1.54) is 69.9 Å². The average Bonchev–Trinajstić information content (AvgIpc) is 1.76. The van der Waals surface area contributed by atoms with Gasteiger partial charge in [0.1, 0.15) is 30.3 Å². The van der Waals surface area contributed by atoms with Crippen LogP contribution < -0.4 is 44.4 Å². The molecule has 4 aromatic carbocycles. The molecule has 4 fully saturated rings. The van der Waals surface area contributed by atoms with Crippen LogP contribution in [0.4, 0.5) is 21.0 Å². The fourth-order valence-corrected chi connectivity index (χ4v) is 16.4. The molecule has 0 saturated carbocycles. The molecule has 0 aromatic heterocycles. The van der Waals surface area contributed by atoms with Gasteiger partial charge in [-0.05, 0) is 116 Å². The Morgan fingerprint density at radius 2 is 0.815 bits per heavy atom. The number of nitrogens with one attached hydrogen (secondary N) is 3. The van der Waals surface area contributed by atoms with Crippen LogP contribution in [0.15, 0.2) is 85.0 Å². The molecule has 4 N–H and O–H groups in total. The third-order valence-corrected chi connectivity index (χ3v) is 32.0. The first-order valence-electron chi connectivity index (χ1n) is 43.3. The Morgan fingerprint density at radius 1 is 0.452 bits per heavy atom. The highest BCUT2D eigenvalue weighted by atomic mass is 28.4. The summed E-state index contributed by atoms with van der Waals surface area (Å²) in [7, 11) is 1.42. The third-order valence-electron chi connectivity index (χ3n) is 23.0. The van der Waals surface area contributed by atoms with Crippen molar-refractivity contribution in [3.05, 3.63) is 118 Å². The number of carboxylic acid groups (broad SMARTS) is 1. The van der Waals surface area contributed by atoms with E-state index in [2.05, 4.69) is 96.8 Å². The van der Waals surface area contributed by atoms with Crippen molar-refractivity contribution in [3.63, 3.8) is 0 Å². The Kier molecular flexibility index (Phi) is 38.1. The van der Waals surface area contributed by atoms with Gasteiger partial charge in [-0.3, -0.25) is 53.8 Å². The SMILES string of the molecule is C=C1C[C@@H](CO[Si](C)(C)C(C)(C)C)N(C(=O)c2cc(OC)c(OCCCCCOc3cc(NC(=O)OCc4ccc(O[C@@H]5O[C@H](C(=O)OC)[C@@H](OC(C)=O)[C@H](OC(C)=O)[C@H]5OC(C)=O)c(C(=O)NCCOC)c4)c(C(=O)N4CC(=C)C[C@H]4CO[Si](C)(C)C(C)(C)C)cc3OC)cc2NC(=O)OCc2ccc(O[C@@H]3O[C@H](C(=O)OC)[C@@H](OC(C)=O)[C@H](OC(C)=O)[C@H]3OC(C)=O)c(C(=O)O)c2)C1. The number of carboxylic acids is 1. The van der Waals surface area contributed by atoms with Crippen molar-refractivity contribution in [1.29, 1.82) is 0 Å². The second kappa shape index (κ2) is 47.7. The number of nitrogens with zero attached hydrogens (tertiary/aromatic N) is 2. The molecular formula is C92H123N5O36Si2. The Bertz CT molecular complexity index is 5040. The average molecular weight is 1930 g/mol. The molecule has 5 amide bonds. The van der Waals surface area contributed by atoms with E-state index in [4.69, 9.17) is 98.9 Å². The molecule has 8 rings (SSSR count). The van der Waals surface area contributed by atoms with Crippen LogP contribution in [-0.2, 0) is 122 Å². The van der Waals surface area contributed by atoms with Crippen LogP contribution in [0.1, 0.15) is 168 Å². The van der Waals surface area contributed by atoms with Crippen LogP contribution in [0, 0.1) is 0 Å². The highest BCUT2D eigenvalue weighted by molar-refractivity contribution is 6.74. The number of likely N-dealkylation sites (tertiary alicyclic amines) is 2. The number of anilines is 2. The summed E-state index contributed by atoms with van der Waals surface area (Å²) in [6.45, 7) is 35.0. The molecule has 4 aliphatic rings. The molecule has 0 radical (unpaired) electrons. The molecule has 12 atom stereocenters. The van der Waals surface area contributed by atoms with Gasteiger partial charge in [-0.15, -0.1) is 0 Å². The fourth-order valence-electron chi connectivity index (χ4n) is 14.3. The lowest BCUT2D eigenvalue weighted by Gasteiger charge is -2.43. The summed E-state index contributed by atoms with van der Waals surface area (Å²) in [6, 6.07) is 12.2. The zero-order valence-corrected chi connectivity index (χ0v) is 81.9. The molecule has 4 aliphatic heterocycles. The van der Waals surface area contributed by atoms with Crippen molar-refractivity contribution in [2.75, 3.05) is 98.9 Å². The second-order valence-electron chi connectivity index (χ2n) is 35.3. The van der Waals surface area contributed by atoms with Gasteiger partial charge in [0.2, 0.25) is 24.8 Å². The van der Waals surface area contributed by atoms with Crippen LogP contribution in [0.3, 0.4) is 0 Å². The zero-order chi connectivity index (χ0) is 100. The number of benzene rings is 4. The monoisotopic (exact) mass is 1930 g/mol. The topological polar surface area (TPSA) is 496 Å². The first kappa shape index (κ1) is 108. The molecule has 4 heterocycles. The summed E-state index contributed by atoms with van der Waals surface area (Å²) in [5.74, 6) is -11.8. The third kappa shape index (κ3) is 29.1. The maximum atomic E-state index is 15.2. The number of unbranched alkanes of at least 4 members (excludes halogenated alkanes) is 2. The zero-order valence-electron chi connectivity index (χ0n) is 79.9. The van der Waals surface area contributed by atoms with Gasteiger partial charge in [-0.25, -0.2) is 24.0 Å². The van der Waals surface area contributed by atoms with Crippen molar-refractivity contribution >= 4 is 112 Å². The Labute approximate surface area is 784 Å². The van der Waals surface area contributed by atoms with Gasteiger partial charge >= 0.3 is 65.9 Å². The highest BCUT2D eigenvalue weighted by Crippen LogP contribution is 2.44. The van der Waals surface area contributed by atoms with Crippen molar-refractivity contribution in [2.45, 2.75) is 238 Å². The van der Waals surface area contributed by atoms with Gasteiger partial charge in [-0.1, -0.05) is 78.0 Å². The number of hydrogen-bond donors (Lipinski definition) is 4. The minimum Gasteiger partial charge on any atom is -0.493 e. The normalized spacial score (nSPS) is 20.6. The molecule has 41 nitrogen and oxygen atoms in total. The van der Waals surface area contributed by atoms with Gasteiger partial charge in [0.05, 0.1) is 102 Å². The summed E-state index contributed by atoms with van der Waals surface area (Å²) in [5, 5.41) is 18.3. The molecule has 740 valence electrons. The number of esters is 8. The molecule has 43 heteroatoms. The first-order chi connectivity index (χ1) is 63.4.